The molecule has 1 N–H and O–H groups in total. The van der Waals surface area contributed by atoms with Gasteiger partial charge >= 0.3 is 0 Å². The van der Waals surface area contributed by atoms with E-state index >= 15 is 0 Å². The summed E-state index contributed by atoms with van der Waals surface area (Å²) in [6.45, 7) is 0.772. The normalized spacial score (nSPS) is 10.6. The zero-order chi connectivity index (χ0) is 14.7. The van der Waals surface area contributed by atoms with E-state index in [2.05, 4.69) is 72.6 Å². The van der Waals surface area contributed by atoms with Crippen LogP contribution in [-0.4, -0.2) is 9.78 Å². The lowest BCUT2D eigenvalue weighted by molar-refractivity contribution is 0.879. The van der Waals surface area contributed by atoms with Crippen LogP contribution in [0.4, 0.5) is 5.69 Å². The molecule has 3 nitrogen and oxygen atoms in total. The smallest absolute Gasteiger partial charge is 0.0645 e. The maximum absolute atomic E-state index is 4.22. The highest BCUT2D eigenvalue weighted by molar-refractivity contribution is 9.11. The molecule has 0 bridgehead atoms. The molecule has 5 heteroatoms. The lowest BCUT2D eigenvalue weighted by atomic mass is 10.2. The van der Waals surface area contributed by atoms with E-state index in [0.717, 1.165) is 26.9 Å². The SMILES string of the molecule is Brc1ccc(Br)c(NCc2ccc(-n3cccn3)cc2)c1. The van der Waals surface area contributed by atoms with Gasteiger partial charge in [-0.1, -0.05) is 28.1 Å². The lowest BCUT2D eigenvalue weighted by Gasteiger charge is -2.10. The third-order valence-electron chi connectivity index (χ3n) is 3.12. The van der Waals surface area contributed by atoms with Gasteiger partial charge in [-0.05, 0) is 57.9 Å². The molecule has 0 aliphatic carbocycles. The zero-order valence-corrected chi connectivity index (χ0v) is 14.3. The summed E-state index contributed by atoms with van der Waals surface area (Å²) in [5.74, 6) is 0. The molecule has 21 heavy (non-hydrogen) atoms. The van der Waals surface area contributed by atoms with Crippen LogP contribution in [0.2, 0.25) is 0 Å². The maximum Gasteiger partial charge on any atom is 0.0645 e. The van der Waals surface area contributed by atoms with E-state index in [1.807, 2.05) is 29.1 Å². The summed E-state index contributed by atoms with van der Waals surface area (Å²) in [5.41, 5.74) is 3.35. The summed E-state index contributed by atoms with van der Waals surface area (Å²) in [6, 6.07) is 16.4. The maximum atomic E-state index is 4.22. The largest absolute Gasteiger partial charge is 0.380 e. The van der Waals surface area contributed by atoms with E-state index in [0.29, 0.717) is 0 Å². The predicted molar refractivity (Wildman–Crippen MR) is 92.7 cm³/mol. The van der Waals surface area contributed by atoms with Crippen LogP contribution in [0.1, 0.15) is 5.56 Å². The Bertz CT molecular complexity index is 722. The average molecular weight is 407 g/mol. The quantitative estimate of drug-likeness (QED) is 0.659. The first-order chi connectivity index (χ1) is 10.2. The number of benzene rings is 2. The Morgan fingerprint density at radius 1 is 1.05 bits per heavy atom. The van der Waals surface area contributed by atoms with Crippen LogP contribution in [0.3, 0.4) is 0 Å². The minimum absolute atomic E-state index is 0.772. The van der Waals surface area contributed by atoms with Gasteiger partial charge in [0.2, 0.25) is 0 Å². The van der Waals surface area contributed by atoms with Crippen molar-refractivity contribution in [3.8, 4) is 5.69 Å². The molecule has 3 aromatic rings. The van der Waals surface area contributed by atoms with Gasteiger partial charge in [0.1, 0.15) is 0 Å². The Kier molecular flexibility index (Phi) is 4.41. The van der Waals surface area contributed by atoms with Gasteiger partial charge in [0, 0.05) is 33.6 Å². The fourth-order valence-electron chi connectivity index (χ4n) is 2.02. The third kappa shape index (κ3) is 3.54. The molecule has 3 rings (SSSR count). The van der Waals surface area contributed by atoms with Crippen LogP contribution < -0.4 is 5.32 Å². The molecule has 0 radical (unpaired) electrons. The average Bonchev–Trinajstić information content (AvgIpc) is 3.03. The number of hydrogen-bond acceptors (Lipinski definition) is 2. The second kappa shape index (κ2) is 6.45. The second-order valence-electron chi connectivity index (χ2n) is 4.59. The van der Waals surface area contributed by atoms with Gasteiger partial charge in [0.15, 0.2) is 0 Å². The number of halogens is 2. The molecule has 0 atom stereocenters. The van der Waals surface area contributed by atoms with E-state index in [1.165, 1.54) is 5.56 Å². The molecule has 0 saturated heterocycles. The third-order valence-corrected chi connectivity index (χ3v) is 4.30. The number of nitrogens with zero attached hydrogens (tertiary/aromatic N) is 2. The van der Waals surface area contributed by atoms with Crippen LogP contribution in [-0.2, 0) is 6.54 Å². The summed E-state index contributed by atoms with van der Waals surface area (Å²) in [5, 5.41) is 7.65. The summed E-state index contributed by atoms with van der Waals surface area (Å²) in [7, 11) is 0. The van der Waals surface area contributed by atoms with Crippen molar-refractivity contribution in [2.45, 2.75) is 6.54 Å². The second-order valence-corrected chi connectivity index (χ2v) is 6.36. The molecule has 0 amide bonds. The Morgan fingerprint density at radius 2 is 1.86 bits per heavy atom. The van der Waals surface area contributed by atoms with E-state index in [-0.39, 0.29) is 0 Å². The molecule has 1 aromatic heterocycles. The number of aromatic nitrogens is 2. The molecule has 106 valence electrons. The van der Waals surface area contributed by atoms with Gasteiger partial charge in [-0.2, -0.15) is 5.10 Å². The van der Waals surface area contributed by atoms with Gasteiger partial charge in [-0.25, -0.2) is 4.68 Å². The molecule has 2 aromatic carbocycles. The first-order valence-corrected chi connectivity index (χ1v) is 8.09. The molecule has 0 aliphatic rings. The topological polar surface area (TPSA) is 29.9 Å². The highest BCUT2D eigenvalue weighted by Gasteiger charge is 2.01. The Labute approximate surface area is 140 Å². The molecule has 0 unspecified atom stereocenters. The molecule has 1 heterocycles. The van der Waals surface area contributed by atoms with Crippen molar-refractivity contribution >= 4 is 37.5 Å². The van der Waals surface area contributed by atoms with Crippen molar-refractivity contribution in [3.05, 3.63) is 75.4 Å². The van der Waals surface area contributed by atoms with E-state index in [4.69, 9.17) is 0 Å². The Balaban J connectivity index is 1.70. The van der Waals surface area contributed by atoms with Gasteiger partial charge in [0.25, 0.3) is 0 Å². The minimum Gasteiger partial charge on any atom is -0.380 e. The molecule has 0 fully saturated rings. The van der Waals surface area contributed by atoms with Gasteiger partial charge in [0.05, 0.1) is 5.69 Å². The Morgan fingerprint density at radius 3 is 2.57 bits per heavy atom. The van der Waals surface area contributed by atoms with Crippen LogP contribution in [0.25, 0.3) is 5.69 Å². The van der Waals surface area contributed by atoms with Crippen LogP contribution in [0.15, 0.2) is 69.9 Å². The first-order valence-electron chi connectivity index (χ1n) is 6.50. The highest BCUT2D eigenvalue weighted by atomic mass is 79.9. The van der Waals surface area contributed by atoms with Crippen molar-refractivity contribution in [2.24, 2.45) is 0 Å². The molecular formula is C16H13Br2N3. The minimum atomic E-state index is 0.772. The van der Waals surface area contributed by atoms with Crippen molar-refractivity contribution < 1.29 is 0 Å². The standard InChI is InChI=1S/C16H13Br2N3/c17-13-4-7-15(18)16(10-13)19-11-12-2-5-14(6-3-12)21-9-1-8-20-21/h1-10,19H,11H2. The fraction of sp³-hybridized carbons (Fsp3) is 0.0625. The number of hydrogen-bond donors (Lipinski definition) is 1. The first kappa shape index (κ1) is 14.4. The molecule has 0 saturated carbocycles. The summed E-state index contributed by atoms with van der Waals surface area (Å²) in [6.07, 6.45) is 3.71. The van der Waals surface area contributed by atoms with Crippen LogP contribution >= 0.6 is 31.9 Å². The summed E-state index contributed by atoms with van der Waals surface area (Å²) in [4.78, 5) is 0. The molecule has 0 spiro atoms. The number of anilines is 1. The molecular weight excluding hydrogens is 394 g/mol. The van der Waals surface area contributed by atoms with E-state index < -0.39 is 0 Å². The summed E-state index contributed by atoms with van der Waals surface area (Å²) < 4.78 is 3.96. The van der Waals surface area contributed by atoms with Crippen LogP contribution in [0, 0.1) is 0 Å². The van der Waals surface area contributed by atoms with Crippen LogP contribution in [0.5, 0.6) is 0 Å². The van der Waals surface area contributed by atoms with Crippen molar-refractivity contribution in [3.63, 3.8) is 0 Å². The Hall–Kier alpha value is -1.59. The van der Waals surface area contributed by atoms with Crippen molar-refractivity contribution in [2.75, 3.05) is 5.32 Å². The highest BCUT2D eigenvalue weighted by Crippen LogP contribution is 2.26. The molecule has 0 aliphatic heterocycles. The number of rotatable bonds is 4. The van der Waals surface area contributed by atoms with E-state index in [1.54, 1.807) is 6.20 Å². The zero-order valence-electron chi connectivity index (χ0n) is 11.1. The summed E-state index contributed by atoms with van der Waals surface area (Å²) >= 11 is 7.03. The lowest BCUT2D eigenvalue weighted by Crippen LogP contribution is -2.01. The van der Waals surface area contributed by atoms with Crippen molar-refractivity contribution in [1.82, 2.24) is 9.78 Å². The van der Waals surface area contributed by atoms with Gasteiger partial charge in [-0.3, -0.25) is 0 Å². The fourth-order valence-corrected chi connectivity index (χ4v) is 2.77. The van der Waals surface area contributed by atoms with Crippen molar-refractivity contribution in [1.29, 1.82) is 0 Å². The van der Waals surface area contributed by atoms with Gasteiger partial charge < -0.3 is 5.32 Å². The predicted octanol–water partition coefficient (Wildman–Crippen LogP) is 5.01. The monoisotopic (exact) mass is 405 g/mol. The number of nitrogens with one attached hydrogen (secondary N) is 1. The van der Waals surface area contributed by atoms with Gasteiger partial charge in [-0.15, -0.1) is 0 Å². The van der Waals surface area contributed by atoms with E-state index in [9.17, 15) is 0 Å².